The van der Waals surface area contributed by atoms with Gasteiger partial charge in [0.25, 0.3) is 11.8 Å². The Morgan fingerprint density at radius 2 is 1.91 bits per heavy atom. The lowest BCUT2D eigenvalue weighted by Gasteiger charge is -2.34. The third kappa shape index (κ3) is 4.32. The summed E-state index contributed by atoms with van der Waals surface area (Å²) in [6.07, 6.45) is -3.04. The number of carbonyl (C=O) groups is 3. The van der Waals surface area contributed by atoms with Crippen molar-refractivity contribution in [2.24, 2.45) is 10.7 Å². The van der Waals surface area contributed by atoms with Crippen molar-refractivity contribution in [3.05, 3.63) is 53.6 Å². The molecule has 10 nitrogen and oxygen atoms in total. The molecule has 2 aromatic rings. The van der Waals surface area contributed by atoms with E-state index in [1.807, 2.05) is 0 Å². The zero-order valence-corrected chi connectivity index (χ0v) is 17.4. The highest BCUT2D eigenvalue weighted by atomic mass is 16.5. The van der Waals surface area contributed by atoms with Crippen LogP contribution in [0.4, 0.5) is 17.1 Å². The maximum atomic E-state index is 12.9. The van der Waals surface area contributed by atoms with Gasteiger partial charge in [0, 0.05) is 36.1 Å². The highest BCUT2D eigenvalue weighted by Crippen LogP contribution is 2.24. The number of aliphatic imine (C=N–C) groups is 1. The molecule has 1 unspecified atom stereocenters. The molecule has 0 aliphatic carbocycles. The summed E-state index contributed by atoms with van der Waals surface area (Å²) in [5, 5.41) is 15.8. The zero-order valence-electron chi connectivity index (χ0n) is 17.4. The van der Waals surface area contributed by atoms with E-state index >= 15 is 0 Å². The van der Waals surface area contributed by atoms with Gasteiger partial charge in [0.2, 0.25) is 5.91 Å². The van der Waals surface area contributed by atoms with Crippen LogP contribution in [0.5, 0.6) is 0 Å². The van der Waals surface area contributed by atoms with E-state index in [1.54, 1.807) is 42.5 Å². The first-order chi connectivity index (χ1) is 15.3. The summed E-state index contributed by atoms with van der Waals surface area (Å²) >= 11 is 0. The molecule has 3 amide bonds. The molecule has 0 bridgehead atoms. The number of morpholine rings is 1. The van der Waals surface area contributed by atoms with E-state index in [2.05, 4.69) is 15.6 Å². The molecule has 1 saturated heterocycles. The van der Waals surface area contributed by atoms with Crippen molar-refractivity contribution in [1.82, 2.24) is 0 Å². The van der Waals surface area contributed by atoms with Gasteiger partial charge >= 0.3 is 0 Å². The van der Waals surface area contributed by atoms with Crippen molar-refractivity contribution in [2.45, 2.75) is 25.7 Å². The van der Waals surface area contributed by atoms with E-state index in [-0.39, 0.29) is 19.1 Å². The third-order valence-corrected chi connectivity index (χ3v) is 5.24. The molecular weight excluding hydrogens is 414 g/mol. The van der Waals surface area contributed by atoms with Gasteiger partial charge in [0.1, 0.15) is 5.84 Å². The second-order valence-electron chi connectivity index (χ2n) is 7.52. The van der Waals surface area contributed by atoms with Crippen molar-refractivity contribution in [1.29, 1.82) is 0 Å². The number of hydrogen-bond acceptors (Lipinski definition) is 7. The number of amides is 3. The average molecular weight is 437 g/mol. The van der Waals surface area contributed by atoms with E-state index in [9.17, 15) is 19.5 Å². The molecule has 0 saturated carbocycles. The third-order valence-electron chi connectivity index (χ3n) is 5.24. The normalized spacial score (nSPS) is 18.6. The summed E-state index contributed by atoms with van der Waals surface area (Å²) < 4.78 is 5.43. The molecule has 1 fully saturated rings. The van der Waals surface area contributed by atoms with Gasteiger partial charge in [-0.3, -0.25) is 19.4 Å². The molecule has 2 aromatic carbocycles. The van der Waals surface area contributed by atoms with E-state index in [0.717, 1.165) is 11.1 Å². The van der Waals surface area contributed by atoms with Gasteiger partial charge in [-0.2, -0.15) is 0 Å². The first-order valence-electron chi connectivity index (χ1n) is 10.1. The minimum atomic E-state index is -1.70. The molecule has 0 radical (unpaired) electrons. The summed E-state index contributed by atoms with van der Waals surface area (Å²) in [6.45, 7) is 2.26. The Balaban J connectivity index is 1.43. The van der Waals surface area contributed by atoms with Crippen LogP contribution < -0.4 is 21.3 Å². The number of aliphatic hydroxyl groups is 1. The van der Waals surface area contributed by atoms with Crippen LogP contribution in [0.1, 0.15) is 18.1 Å². The monoisotopic (exact) mass is 437 g/mol. The Labute approximate surface area is 184 Å². The number of amidine groups is 1. The smallest absolute Gasteiger partial charge is 0.259 e. The predicted octanol–water partition coefficient (Wildman–Crippen LogP) is 0.595. The maximum absolute atomic E-state index is 12.9. The number of anilines is 3. The van der Waals surface area contributed by atoms with Gasteiger partial charge in [-0.05, 0) is 48.0 Å². The van der Waals surface area contributed by atoms with Crippen molar-refractivity contribution < 1.29 is 24.2 Å². The number of benzene rings is 2. The second kappa shape index (κ2) is 8.77. The Bertz CT molecular complexity index is 1100. The van der Waals surface area contributed by atoms with Gasteiger partial charge in [-0.25, -0.2) is 0 Å². The van der Waals surface area contributed by atoms with Crippen LogP contribution in [0.25, 0.3) is 0 Å². The summed E-state index contributed by atoms with van der Waals surface area (Å²) in [5.41, 5.74) is 9.11. The van der Waals surface area contributed by atoms with Gasteiger partial charge in [-0.15, -0.1) is 0 Å². The average Bonchev–Trinajstić information content (AvgIpc) is 3.14. The molecule has 0 aromatic heterocycles. The molecular formula is C22H23N5O5. The van der Waals surface area contributed by atoms with E-state index in [4.69, 9.17) is 10.5 Å². The van der Waals surface area contributed by atoms with Gasteiger partial charge in [0.15, 0.2) is 12.2 Å². The highest BCUT2D eigenvalue weighted by Gasteiger charge is 2.39. The number of nitrogens with two attached hydrogens (primary N) is 1. The summed E-state index contributed by atoms with van der Waals surface area (Å²) in [4.78, 5) is 42.3. The molecule has 166 valence electrons. The van der Waals surface area contributed by atoms with Gasteiger partial charge < -0.3 is 31.1 Å². The molecule has 0 spiro atoms. The lowest BCUT2D eigenvalue weighted by molar-refractivity contribution is -0.150. The predicted molar refractivity (Wildman–Crippen MR) is 118 cm³/mol. The van der Waals surface area contributed by atoms with Crippen molar-refractivity contribution in [2.75, 3.05) is 28.7 Å². The second-order valence-corrected chi connectivity index (χ2v) is 7.52. The van der Waals surface area contributed by atoms with Crippen molar-refractivity contribution in [3.8, 4) is 0 Å². The molecule has 5 N–H and O–H groups in total. The number of ether oxygens (including phenoxy) is 1. The topological polar surface area (TPSA) is 146 Å². The summed E-state index contributed by atoms with van der Waals surface area (Å²) in [7, 11) is 0. The molecule has 2 aliphatic heterocycles. The van der Waals surface area contributed by atoms with E-state index < -0.39 is 24.0 Å². The number of nitrogens with one attached hydrogen (secondary N) is 2. The molecule has 2 atom stereocenters. The van der Waals surface area contributed by atoms with Crippen LogP contribution in [0, 0.1) is 0 Å². The fourth-order valence-corrected chi connectivity index (χ4v) is 3.68. The maximum Gasteiger partial charge on any atom is 0.259 e. The number of hydrogen-bond donors (Lipinski definition) is 4. The molecule has 10 heteroatoms. The quantitative estimate of drug-likeness (QED) is 0.539. The minimum Gasteiger partial charge on any atom is -0.383 e. The van der Waals surface area contributed by atoms with E-state index in [1.165, 1.54) is 11.8 Å². The SMILES string of the molecule is CC(=O)Nc1ccc(N2CCOC([C@@H](O)C(=O)Nc3ccc4c(c3)CN=C4N)C2=O)cc1. The lowest BCUT2D eigenvalue weighted by Crippen LogP contribution is -2.55. The molecule has 32 heavy (non-hydrogen) atoms. The number of fused-ring (bicyclic) bond motifs is 1. The van der Waals surface area contributed by atoms with Gasteiger partial charge in [0.05, 0.1) is 13.2 Å². The van der Waals surface area contributed by atoms with Crippen LogP contribution in [0.2, 0.25) is 0 Å². The number of aliphatic hydroxyl groups excluding tert-OH is 1. The summed E-state index contributed by atoms with van der Waals surface area (Å²) in [6, 6.07) is 11.8. The first-order valence-corrected chi connectivity index (χ1v) is 10.1. The van der Waals surface area contributed by atoms with Crippen LogP contribution >= 0.6 is 0 Å². The number of carbonyl (C=O) groups excluding carboxylic acids is 3. The minimum absolute atomic E-state index is 0.156. The van der Waals surface area contributed by atoms with Crippen LogP contribution in [-0.2, 0) is 25.7 Å². The Morgan fingerprint density at radius 3 is 2.62 bits per heavy atom. The highest BCUT2D eigenvalue weighted by molar-refractivity contribution is 6.05. The van der Waals surface area contributed by atoms with Crippen molar-refractivity contribution in [3.63, 3.8) is 0 Å². The molecule has 2 heterocycles. The Hall–Kier alpha value is -3.76. The Morgan fingerprint density at radius 1 is 1.19 bits per heavy atom. The molecule has 4 rings (SSSR count). The zero-order chi connectivity index (χ0) is 22.8. The lowest BCUT2D eigenvalue weighted by atomic mass is 10.1. The van der Waals surface area contributed by atoms with E-state index in [0.29, 0.717) is 29.4 Å². The molecule has 2 aliphatic rings. The largest absolute Gasteiger partial charge is 0.383 e. The van der Waals surface area contributed by atoms with Gasteiger partial charge in [-0.1, -0.05) is 0 Å². The fraction of sp³-hybridized carbons (Fsp3) is 0.273. The number of rotatable bonds is 5. The van der Waals surface area contributed by atoms with Crippen molar-refractivity contribution >= 4 is 40.6 Å². The fourth-order valence-electron chi connectivity index (χ4n) is 3.68. The Kier molecular flexibility index (Phi) is 5.89. The van der Waals surface area contributed by atoms with Crippen LogP contribution in [0.15, 0.2) is 47.5 Å². The van der Waals surface area contributed by atoms with Crippen LogP contribution in [0.3, 0.4) is 0 Å². The number of nitrogens with zero attached hydrogens (tertiary/aromatic N) is 2. The standard InChI is InChI=1S/C22H23N5O5/c1-12(28)25-14-2-5-16(6-3-14)27-8-9-32-19(22(27)31)18(29)21(30)26-15-4-7-17-13(10-15)11-24-20(17)23/h2-7,10,18-19,29H,8-9,11H2,1H3,(H2,23,24)(H,25,28)(H,26,30)/t18-,19?/m1/s1. The summed E-state index contributed by atoms with van der Waals surface area (Å²) in [5.74, 6) is -1.03. The first kappa shape index (κ1) is 21.5. The van der Waals surface area contributed by atoms with Crippen LogP contribution in [-0.4, -0.2) is 54.0 Å².